The lowest BCUT2D eigenvalue weighted by Crippen LogP contribution is -2.50. The van der Waals surface area contributed by atoms with Crippen molar-refractivity contribution in [3.8, 4) is 6.07 Å². The lowest BCUT2D eigenvalue weighted by atomic mass is 9.92. The minimum atomic E-state index is -6.67. The van der Waals surface area contributed by atoms with E-state index in [-0.39, 0.29) is 38.4 Å². The molecule has 3 aromatic rings. The van der Waals surface area contributed by atoms with Gasteiger partial charge in [-0.15, -0.1) is 0 Å². The van der Waals surface area contributed by atoms with Gasteiger partial charge in [-0.25, -0.2) is 8.32 Å². The van der Waals surface area contributed by atoms with E-state index in [9.17, 15) is 53.5 Å². The van der Waals surface area contributed by atoms with Crippen molar-refractivity contribution in [1.29, 1.82) is 5.26 Å². The SMILES string of the molecule is CN(C(=O)c1cccc(C#N)c1)c1cccc(C(=O)N(Br)c2ccc(C(F)(C(F)(F)F)C(F)(F)F)cc2C(F)(F)F)c1. The number of amides is 2. The first-order valence-electron chi connectivity index (χ1n) is 11.2. The number of benzene rings is 3. The molecule has 0 atom stereocenters. The Morgan fingerprint density at radius 1 is 0.762 bits per heavy atom. The maximum Gasteiger partial charge on any atom is 0.435 e. The molecule has 0 N–H and O–H groups in total. The highest BCUT2D eigenvalue weighted by atomic mass is 79.9. The molecule has 0 aliphatic heterocycles. The second-order valence-corrected chi connectivity index (χ2v) is 9.29. The molecular formula is C26H14BrF10N3O2. The van der Waals surface area contributed by atoms with Crippen LogP contribution >= 0.6 is 16.1 Å². The van der Waals surface area contributed by atoms with Gasteiger partial charge in [-0.3, -0.25) is 9.59 Å². The van der Waals surface area contributed by atoms with Crippen LogP contribution in [0, 0.1) is 11.3 Å². The van der Waals surface area contributed by atoms with Crippen molar-refractivity contribution in [2.45, 2.75) is 24.2 Å². The lowest BCUT2D eigenvalue weighted by molar-refractivity contribution is -0.348. The summed E-state index contributed by atoms with van der Waals surface area (Å²) in [7, 11) is 1.29. The van der Waals surface area contributed by atoms with Crippen LogP contribution in [-0.2, 0) is 11.8 Å². The Kier molecular flexibility index (Phi) is 8.69. The molecule has 0 radical (unpaired) electrons. The van der Waals surface area contributed by atoms with E-state index in [0.717, 1.165) is 17.0 Å². The van der Waals surface area contributed by atoms with E-state index in [4.69, 9.17) is 5.26 Å². The molecule has 0 aliphatic rings. The van der Waals surface area contributed by atoms with Gasteiger partial charge in [-0.2, -0.15) is 44.8 Å². The normalized spacial score (nSPS) is 12.5. The Hall–Kier alpha value is -4.13. The number of hydrogen-bond acceptors (Lipinski definition) is 3. The van der Waals surface area contributed by atoms with Crippen LogP contribution in [0.15, 0.2) is 66.7 Å². The van der Waals surface area contributed by atoms with E-state index in [2.05, 4.69) is 16.1 Å². The average Bonchev–Trinajstić information content (AvgIpc) is 2.93. The fourth-order valence-electron chi connectivity index (χ4n) is 3.74. The van der Waals surface area contributed by atoms with Crippen LogP contribution in [0.2, 0.25) is 0 Å². The maximum absolute atomic E-state index is 14.5. The van der Waals surface area contributed by atoms with Gasteiger partial charge in [0.1, 0.15) is 0 Å². The summed E-state index contributed by atoms with van der Waals surface area (Å²) in [6, 6.07) is 11.5. The standard InChI is InChI=1S/C26H14BrF10N3O2/c1-39(21(41)15-5-2-4-14(10-15)13-38)18-7-3-6-16(11-18)22(42)40(27)20-9-8-17(12-19(20)24(29,30)31)23(28,25(32,33)34)26(35,36)37/h2-12H,1H3. The highest BCUT2D eigenvalue weighted by Gasteiger charge is 2.73. The Labute approximate surface area is 238 Å². The van der Waals surface area contributed by atoms with E-state index in [1.54, 1.807) is 0 Å². The third kappa shape index (κ3) is 6.06. The molecule has 0 bridgehead atoms. The Bertz CT molecular complexity index is 1550. The van der Waals surface area contributed by atoms with Gasteiger partial charge < -0.3 is 4.90 Å². The largest absolute Gasteiger partial charge is 0.435 e. The Morgan fingerprint density at radius 2 is 1.31 bits per heavy atom. The van der Waals surface area contributed by atoms with E-state index in [1.807, 2.05) is 6.07 Å². The summed E-state index contributed by atoms with van der Waals surface area (Å²) in [6.07, 6.45) is -19.0. The van der Waals surface area contributed by atoms with Gasteiger partial charge in [-0.05, 0) is 48.5 Å². The van der Waals surface area contributed by atoms with E-state index < -0.39 is 58.9 Å². The lowest BCUT2D eigenvalue weighted by Gasteiger charge is -2.31. The van der Waals surface area contributed by atoms with Crippen molar-refractivity contribution in [2.75, 3.05) is 15.9 Å². The van der Waals surface area contributed by atoms with Crippen molar-refractivity contribution in [3.05, 3.63) is 94.5 Å². The number of nitriles is 1. The number of hydrogen-bond donors (Lipinski definition) is 0. The van der Waals surface area contributed by atoms with Gasteiger partial charge in [0.15, 0.2) is 0 Å². The molecule has 0 fully saturated rings. The summed E-state index contributed by atoms with van der Waals surface area (Å²) in [5.74, 6) is -1.91. The molecular weight excluding hydrogens is 656 g/mol. The molecule has 0 aliphatic carbocycles. The Morgan fingerprint density at radius 3 is 1.83 bits per heavy atom. The number of nitrogens with zero attached hydrogens (tertiary/aromatic N) is 3. The first-order valence-corrected chi connectivity index (χ1v) is 11.9. The first kappa shape index (κ1) is 32.4. The van der Waals surface area contributed by atoms with Crippen molar-refractivity contribution in [1.82, 2.24) is 0 Å². The second-order valence-electron chi connectivity index (χ2n) is 8.58. The van der Waals surface area contributed by atoms with Gasteiger partial charge in [0, 0.05) is 29.4 Å². The summed E-state index contributed by atoms with van der Waals surface area (Å²) in [4.78, 5) is 27.0. The molecule has 5 nitrogen and oxygen atoms in total. The zero-order valence-electron chi connectivity index (χ0n) is 20.7. The Balaban J connectivity index is 2.03. The molecule has 0 heterocycles. The molecule has 42 heavy (non-hydrogen) atoms. The maximum atomic E-state index is 14.5. The minimum absolute atomic E-state index is 0.0538. The van der Waals surface area contributed by atoms with Crippen molar-refractivity contribution in [3.63, 3.8) is 0 Å². The van der Waals surface area contributed by atoms with Gasteiger partial charge in [0.2, 0.25) is 0 Å². The van der Waals surface area contributed by atoms with Crippen molar-refractivity contribution in [2.24, 2.45) is 0 Å². The first-order chi connectivity index (χ1) is 19.2. The van der Waals surface area contributed by atoms with Crippen LogP contribution in [-0.4, -0.2) is 31.2 Å². The molecule has 2 amide bonds. The zero-order valence-corrected chi connectivity index (χ0v) is 22.3. The summed E-state index contributed by atoms with van der Waals surface area (Å²) >= 11 is 2.56. The summed E-state index contributed by atoms with van der Waals surface area (Å²) < 4.78 is 135. The predicted octanol–water partition coefficient (Wildman–Crippen LogP) is 8.10. The molecule has 0 saturated carbocycles. The molecule has 16 heteroatoms. The van der Waals surface area contributed by atoms with E-state index in [1.165, 1.54) is 43.4 Å². The van der Waals surface area contributed by atoms with E-state index in [0.29, 0.717) is 0 Å². The van der Waals surface area contributed by atoms with Crippen LogP contribution in [0.25, 0.3) is 0 Å². The van der Waals surface area contributed by atoms with Gasteiger partial charge in [0.25, 0.3) is 11.8 Å². The molecule has 3 aromatic carbocycles. The molecule has 222 valence electrons. The third-order valence-corrected chi connectivity index (χ3v) is 6.60. The smallest absolute Gasteiger partial charge is 0.311 e. The summed E-state index contributed by atoms with van der Waals surface area (Å²) in [6.45, 7) is 0. The van der Waals surface area contributed by atoms with Crippen LogP contribution in [0.1, 0.15) is 37.4 Å². The molecule has 3 rings (SSSR count). The van der Waals surface area contributed by atoms with Gasteiger partial charge >= 0.3 is 24.2 Å². The highest BCUT2D eigenvalue weighted by molar-refractivity contribution is 9.10. The number of carbonyl (C=O) groups is 2. The number of halogens is 11. The number of rotatable bonds is 5. The summed E-state index contributed by atoms with van der Waals surface area (Å²) in [5.41, 5.74) is -12.0. The highest BCUT2D eigenvalue weighted by Crippen LogP contribution is 2.54. The minimum Gasteiger partial charge on any atom is -0.311 e. The van der Waals surface area contributed by atoms with Crippen LogP contribution in [0.5, 0.6) is 0 Å². The quantitative estimate of drug-likeness (QED) is 0.204. The number of alkyl halides is 10. The molecule has 0 saturated heterocycles. The van der Waals surface area contributed by atoms with Crippen LogP contribution in [0.3, 0.4) is 0 Å². The fraction of sp³-hybridized carbons (Fsp3) is 0.192. The third-order valence-electron chi connectivity index (χ3n) is 5.89. The second kappa shape index (κ2) is 11.3. The number of carbonyl (C=O) groups excluding carboxylic acids is 2. The van der Waals surface area contributed by atoms with Crippen molar-refractivity contribution < 1.29 is 53.5 Å². The monoisotopic (exact) mass is 669 g/mol. The topological polar surface area (TPSA) is 64.4 Å². The zero-order chi connectivity index (χ0) is 31.8. The van der Waals surface area contributed by atoms with Crippen LogP contribution < -0.4 is 8.83 Å². The van der Waals surface area contributed by atoms with Gasteiger partial charge in [0.05, 0.1) is 39.0 Å². The van der Waals surface area contributed by atoms with Crippen LogP contribution in [0.4, 0.5) is 55.3 Å². The van der Waals surface area contributed by atoms with Gasteiger partial charge in [-0.1, -0.05) is 18.2 Å². The average molecular weight is 670 g/mol. The molecule has 0 spiro atoms. The van der Waals surface area contributed by atoms with Crippen molar-refractivity contribution >= 4 is 39.3 Å². The predicted molar refractivity (Wildman–Crippen MR) is 132 cm³/mol. The fourth-order valence-corrected chi connectivity index (χ4v) is 4.25. The summed E-state index contributed by atoms with van der Waals surface area (Å²) in [5, 5.41) is 9.03. The van der Waals surface area contributed by atoms with E-state index >= 15 is 0 Å². The number of anilines is 2. The molecule has 0 aromatic heterocycles. The molecule has 0 unspecified atom stereocenters.